The fourth-order valence-electron chi connectivity index (χ4n) is 3.18. The molecule has 0 N–H and O–H groups in total. The van der Waals surface area contributed by atoms with Crippen molar-refractivity contribution in [3.63, 3.8) is 0 Å². The van der Waals surface area contributed by atoms with Crippen molar-refractivity contribution in [2.24, 2.45) is 0 Å². The van der Waals surface area contributed by atoms with Gasteiger partial charge in [0.25, 0.3) is 0 Å². The molecule has 3 aromatic rings. The van der Waals surface area contributed by atoms with Crippen LogP contribution in [0.3, 0.4) is 0 Å². The predicted molar refractivity (Wildman–Crippen MR) is 119 cm³/mol. The third-order valence-corrected chi connectivity index (χ3v) is 5.08. The van der Waals surface area contributed by atoms with Gasteiger partial charge in [-0.25, -0.2) is 0 Å². The molecule has 0 fully saturated rings. The van der Waals surface area contributed by atoms with Gasteiger partial charge in [0.2, 0.25) is 0 Å². The van der Waals surface area contributed by atoms with E-state index in [2.05, 4.69) is 108 Å². The molecule has 26 heavy (non-hydrogen) atoms. The second kappa shape index (κ2) is 9.04. The van der Waals surface area contributed by atoms with Gasteiger partial charge in [-0.05, 0) is 88.0 Å². The monoisotopic (exact) mass is 454 g/mol. The Labute approximate surface area is 169 Å². The summed E-state index contributed by atoms with van der Waals surface area (Å²) in [7, 11) is 0. The number of allylic oxidation sites excluding steroid dienone is 1. The molecule has 0 aromatic heterocycles. The topological polar surface area (TPSA) is 9.23 Å². The number of hydrogen-bond acceptors (Lipinski definition) is 1. The maximum absolute atomic E-state index is 5.62. The lowest BCUT2D eigenvalue weighted by molar-refractivity contribution is 0.340. The minimum Gasteiger partial charge on any atom is -0.494 e. The summed E-state index contributed by atoms with van der Waals surface area (Å²) in [6.45, 7) is 4.92. The Morgan fingerprint density at radius 2 is 1.31 bits per heavy atom. The Morgan fingerprint density at radius 1 is 0.731 bits per heavy atom. The number of benzene rings is 3. The lowest BCUT2D eigenvalue weighted by atomic mass is 9.88. The maximum atomic E-state index is 5.62. The van der Waals surface area contributed by atoms with E-state index in [0.29, 0.717) is 6.61 Å². The molecule has 0 aliphatic rings. The molecule has 3 aromatic carbocycles. The van der Waals surface area contributed by atoms with E-state index in [-0.39, 0.29) is 0 Å². The molecule has 1 nitrogen and oxygen atoms in total. The van der Waals surface area contributed by atoms with Crippen LogP contribution in [0, 0.1) is 3.57 Å². The van der Waals surface area contributed by atoms with Crippen molar-refractivity contribution < 1.29 is 4.74 Å². The van der Waals surface area contributed by atoms with Gasteiger partial charge >= 0.3 is 0 Å². The maximum Gasteiger partial charge on any atom is 0.119 e. The van der Waals surface area contributed by atoms with Gasteiger partial charge < -0.3 is 4.74 Å². The average Bonchev–Trinajstić information content (AvgIpc) is 2.69. The number of rotatable bonds is 6. The summed E-state index contributed by atoms with van der Waals surface area (Å²) >= 11 is 2.35. The molecule has 0 spiro atoms. The van der Waals surface area contributed by atoms with Crippen LogP contribution < -0.4 is 4.74 Å². The van der Waals surface area contributed by atoms with Gasteiger partial charge in [0.1, 0.15) is 5.75 Å². The first-order valence-electron chi connectivity index (χ1n) is 9.00. The van der Waals surface area contributed by atoms with Crippen LogP contribution in [-0.2, 0) is 0 Å². The molecule has 0 radical (unpaired) electrons. The highest BCUT2D eigenvalue weighted by Gasteiger charge is 2.13. The van der Waals surface area contributed by atoms with Gasteiger partial charge in [-0.1, -0.05) is 61.5 Å². The fraction of sp³-hybridized carbons (Fsp3) is 0.167. The van der Waals surface area contributed by atoms with Crippen molar-refractivity contribution >= 4 is 33.7 Å². The van der Waals surface area contributed by atoms with Crippen LogP contribution in [0.15, 0.2) is 78.9 Å². The number of hydrogen-bond donors (Lipinski definition) is 0. The molecule has 0 aliphatic carbocycles. The zero-order valence-corrected chi connectivity index (χ0v) is 17.4. The van der Waals surface area contributed by atoms with E-state index in [1.165, 1.54) is 31.4 Å². The van der Waals surface area contributed by atoms with E-state index >= 15 is 0 Å². The molecule has 0 amide bonds. The SMILES string of the molecule is CCOc1ccc(C(=C(CC)c2ccccc2)c2ccc(I)cc2)cc1. The summed E-state index contributed by atoms with van der Waals surface area (Å²) in [4.78, 5) is 0. The largest absolute Gasteiger partial charge is 0.494 e. The Balaban J connectivity index is 2.18. The third-order valence-electron chi connectivity index (χ3n) is 4.36. The van der Waals surface area contributed by atoms with Crippen molar-refractivity contribution in [2.45, 2.75) is 20.3 Å². The van der Waals surface area contributed by atoms with Crippen LogP contribution in [0.5, 0.6) is 5.75 Å². The van der Waals surface area contributed by atoms with Crippen molar-refractivity contribution in [2.75, 3.05) is 6.61 Å². The highest BCUT2D eigenvalue weighted by Crippen LogP contribution is 2.35. The second-order valence-electron chi connectivity index (χ2n) is 6.04. The fourth-order valence-corrected chi connectivity index (χ4v) is 3.54. The zero-order chi connectivity index (χ0) is 18.4. The molecule has 0 unspecified atom stereocenters. The predicted octanol–water partition coefficient (Wildman–Crippen LogP) is 7.06. The van der Waals surface area contributed by atoms with Gasteiger partial charge in [-0.2, -0.15) is 0 Å². The molecule has 0 bridgehead atoms. The summed E-state index contributed by atoms with van der Waals surface area (Å²) in [5.41, 5.74) is 6.39. The van der Waals surface area contributed by atoms with Crippen LogP contribution >= 0.6 is 22.6 Å². The summed E-state index contributed by atoms with van der Waals surface area (Å²) in [5, 5.41) is 0. The van der Waals surface area contributed by atoms with Crippen LogP contribution in [0.4, 0.5) is 0 Å². The van der Waals surface area contributed by atoms with Gasteiger partial charge in [-0.15, -0.1) is 0 Å². The van der Waals surface area contributed by atoms with Gasteiger partial charge in [0.15, 0.2) is 0 Å². The summed E-state index contributed by atoms with van der Waals surface area (Å²) in [6, 6.07) is 27.9. The van der Waals surface area contributed by atoms with Crippen LogP contribution in [0.2, 0.25) is 0 Å². The van der Waals surface area contributed by atoms with Crippen molar-refractivity contribution in [3.05, 3.63) is 99.1 Å². The van der Waals surface area contributed by atoms with E-state index in [1.54, 1.807) is 0 Å². The Morgan fingerprint density at radius 3 is 1.85 bits per heavy atom. The van der Waals surface area contributed by atoms with Crippen molar-refractivity contribution in [3.8, 4) is 5.75 Å². The Hall–Kier alpha value is -2.07. The highest BCUT2D eigenvalue weighted by atomic mass is 127. The first-order chi connectivity index (χ1) is 12.7. The van der Waals surface area contributed by atoms with Gasteiger partial charge in [0, 0.05) is 3.57 Å². The lowest BCUT2D eigenvalue weighted by Crippen LogP contribution is -1.96. The molecular formula is C24H23IO. The lowest BCUT2D eigenvalue weighted by Gasteiger charge is -2.17. The molecule has 0 heterocycles. The van der Waals surface area contributed by atoms with E-state index in [0.717, 1.165) is 12.2 Å². The number of ether oxygens (including phenoxy) is 1. The Bertz CT molecular complexity index is 862. The molecular weight excluding hydrogens is 431 g/mol. The van der Waals surface area contributed by atoms with Crippen molar-refractivity contribution in [1.82, 2.24) is 0 Å². The van der Waals surface area contributed by atoms with Crippen LogP contribution in [0.1, 0.15) is 37.0 Å². The quantitative estimate of drug-likeness (QED) is 0.286. The second-order valence-corrected chi connectivity index (χ2v) is 7.28. The van der Waals surface area contributed by atoms with Crippen LogP contribution in [0.25, 0.3) is 11.1 Å². The first-order valence-corrected chi connectivity index (χ1v) is 10.1. The van der Waals surface area contributed by atoms with Gasteiger partial charge in [-0.3, -0.25) is 0 Å². The molecule has 0 aliphatic heterocycles. The minimum atomic E-state index is 0.684. The summed E-state index contributed by atoms with van der Waals surface area (Å²) in [5.74, 6) is 0.913. The summed E-state index contributed by atoms with van der Waals surface area (Å²) in [6.07, 6.45) is 0.971. The van der Waals surface area contributed by atoms with E-state index in [4.69, 9.17) is 4.74 Å². The number of halogens is 1. The van der Waals surface area contributed by atoms with Crippen LogP contribution in [-0.4, -0.2) is 6.61 Å². The molecule has 0 saturated heterocycles. The third kappa shape index (κ3) is 4.36. The average molecular weight is 454 g/mol. The Kier molecular flexibility index (Phi) is 6.51. The van der Waals surface area contributed by atoms with E-state index < -0.39 is 0 Å². The first kappa shape index (κ1) is 18.7. The summed E-state index contributed by atoms with van der Waals surface area (Å²) < 4.78 is 6.86. The standard InChI is InChI=1S/C24H23IO/c1-3-23(18-8-6-5-7-9-18)24(19-10-14-21(25)15-11-19)20-12-16-22(17-13-20)26-4-2/h5-17H,3-4H2,1-2H3. The normalized spacial score (nSPS) is 11.8. The van der Waals surface area contributed by atoms with E-state index in [9.17, 15) is 0 Å². The highest BCUT2D eigenvalue weighted by molar-refractivity contribution is 14.1. The van der Waals surface area contributed by atoms with Gasteiger partial charge in [0.05, 0.1) is 6.61 Å². The zero-order valence-electron chi connectivity index (χ0n) is 15.2. The smallest absolute Gasteiger partial charge is 0.119 e. The molecule has 132 valence electrons. The van der Waals surface area contributed by atoms with Crippen molar-refractivity contribution in [1.29, 1.82) is 0 Å². The molecule has 3 rings (SSSR count). The molecule has 2 heteroatoms. The molecule has 0 saturated carbocycles. The van der Waals surface area contributed by atoms with E-state index in [1.807, 2.05) is 6.92 Å². The molecule has 0 atom stereocenters. The minimum absolute atomic E-state index is 0.684.